The highest BCUT2D eigenvalue weighted by molar-refractivity contribution is 5.88. The Morgan fingerprint density at radius 2 is 1.62 bits per heavy atom. The number of carbonyl (C=O) groups is 3. The van der Waals surface area contributed by atoms with Crippen LogP contribution in [-0.2, 0) is 9.59 Å². The first-order valence-electron chi connectivity index (χ1n) is 8.70. The zero-order valence-corrected chi connectivity index (χ0v) is 15.2. The maximum Gasteiger partial charge on any atom is 0.319 e. The van der Waals surface area contributed by atoms with Gasteiger partial charge in [0, 0.05) is 66.2 Å². The Kier molecular flexibility index (Phi) is 4.00. The van der Waals surface area contributed by atoms with Crippen LogP contribution in [0, 0.1) is 10.8 Å². The lowest BCUT2D eigenvalue weighted by molar-refractivity contribution is -0.141. The summed E-state index contributed by atoms with van der Waals surface area (Å²) in [6.45, 7) is 4.83. The number of fused-ring (bicyclic) bond motifs is 1. The summed E-state index contributed by atoms with van der Waals surface area (Å²) < 4.78 is 0. The summed E-state index contributed by atoms with van der Waals surface area (Å²) in [5.74, 6) is 0.221. The smallest absolute Gasteiger partial charge is 0.319 e. The van der Waals surface area contributed by atoms with Crippen molar-refractivity contribution in [1.29, 1.82) is 0 Å². The number of urea groups is 1. The molecule has 0 unspecified atom stereocenters. The van der Waals surface area contributed by atoms with Crippen molar-refractivity contribution in [1.82, 2.24) is 19.6 Å². The molecule has 134 valence electrons. The summed E-state index contributed by atoms with van der Waals surface area (Å²) in [6, 6.07) is 0.0233. The first kappa shape index (κ1) is 17.0. The Bertz CT molecular complexity index is 568. The molecule has 3 heterocycles. The fraction of sp³-hybridized carbons (Fsp3) is 0.824. The van der Waals surface area contributed by atoms with Gasteiger partial charge in [0.2, 0.25) is 11.8 Å². The number of piperidine rings is 1. The van der Waals surface area contributed by atoms with Crippen molar-refractivity contribution < 1.29 is 14.4 Å². The molecule has 0 aliphatic carbocycles. The van der Waals surface area contributed by atoms with E-state index in [-0.39, 0.29) is 23.3 Å². The van der Waals surface area contributed by atoms with Crippen LogP contribution < -0.4 is 0 Å². The molecule has 0 aromatic carbocycles. The van der Waals surface area contributed by atoms with Crippen molar-refractivity contribution in [2.75, 3.05) is 53.9 Å². The standard InChI is InChI=1S/C17H28N4O3/c1-13(22)21-11-16(17(12-21)7-8-19(4)14(17)23)5-9-20(10-6-16)15(24)18(2)3/h5-12H2,1-4H3/t17-/m1/s1. The number of likely N-dealkylation sites (tertiary alicyclic amines) is 3. The van der Waals surface area contributed by atoms with E-state index in [1.54, 1.807) is 25.9 Å². The van der Waals surface area contributed by atoms with Crippen LogP contribution in [0.3, 0.4) is 0 Å². The molecule has 0 radical (unpaired) electrons. The van der Waals surface area contributed by atoms with Crippen LogP contribution >= 0.6 is 0 Å². The minimum absolute atomic E-state index is 0.0233. The molecular formula is C17H28N4O3. The molecule has 3 fully saturated rings. The Labute approximate surface area is 143 Å². The molecule has 24 heavy (non-hydrogen) atoms. The molecule has 3 aliphatic rings. The monoisotopic (exact) mass is 336 g/mol. The van der Waals surface area contributed by atoms with Gasteiger partial charge in [-0.1, -0.05) is 0 Å². The molecule has 0 saturated carbocycles. The molecule has 7 nitrogen and oxygen atoms in total. The third-order valence-corrected chi connectivity index (χ3v) is 6.42. The molecular weight excluding hydrogens is 308 g/mol. The Balaban J connectivity index is 1.86. The predicted molar refractivity (Wildman–Crippen MR) is 89.3 cm³/mol. The SMILES string of the molecule is CC(=O)N1CC2(CCN(C(=O)N(C)C)CC2)[C@]2(CCN(C)C2=O)C1. The Morgan fingerprint density at radius 3 is 2.08 bits per heavy atom. The van der Waals surface area contributed by atoms with Gasteiger partial charge in [-0.05, 0) is 19.3 Å². The van der Waals surface area contributed by atoms with E-state index in [1.165, 1.54) is 0 Å². The topological polar surface area (TPSA) is 64.2 Å². The molecule has 1 atom stereocenters. The highest BCUT2D eigenvalue weighted by Crippen LogP contribution is 2.57. The van der Waals surface area contributed by atoms with Crippen LogP contribution in [-0.4, -0.2) is 91.3 Å². The Hall–Kier alpha value is -1.79. The molecule has 7 heteroatoms. The third kappa shape index (κ3) is 2.28. The van der Waals surface area contributed by atoms with Gasteiger partial charge < -0.3 is 19.6 Å². The van der Waals surface area contributed by atoms with Gasteiger partial charge >= 0.3 is 6.03 Å². The molecule has 0 bridgehead atoms. The van der Waals surface area contributed by atoms with Gasteiger partial charge in [-0.2, -0.15) is 0 Å². The summed E-state index contributed by atoms with van der Waals surface area (Å²) in [5, 5.41) is 0. The van der Waals surface area contributed by atoms with Gasteiger partial charge in [-0.15, -0.1) is 0 Å². The van der Waals surface area contributed by atoms with E-state index in [0.717, 1.165) is 25.8 Å². The van der Waals surface area contributed by atoms with E-state index in [2.05, 4.69) is 0 Å². The number of hydrogen-bond acceptors (Lipinski definition) is 3. The summed E-state index contributed by atoms with van der Waals surface area (Å²) in [4.78, 5) is 44.3. The van der Waals surface area contributed by atoms with Gasteiger partial charge in [0.05, 0.1) is 5.41 Å². The van der Waals surface area contributed by atoms with Gasteiger partial charge in [0.25, 0.3) is 0 Å². The lowest BCUT2D eigenvalue weighted by Gasteiger charge is -2.46. The average molecular weight is 336 g/mol. The average Bonchev–Trinajstić information content (AvgIpc) is 3.01. The van der Waals surface area contributed by atoms with Gasteiger partial charge in [0.1, 0.15) is 0 Å². The first-order chi connectivity index (χ1) is 11.2. The predicted octanol–water partition coefficient (Wildman–Crippen LogP) is 0.461. The van der Waals surface area contributed by atoms with E-state index in [1.807, 2.05) is 21.7 Å². The van der Waals surface area contributed by atoms with Crippen molar-refractivity contribution in [3.8, 4) is 0 Å². The molecule has 0 aromatic rings. The van der Waals surface area contributed by atoms with E-state index >= 15 is 0 Å². The van der Waals surface area contributed by atoms with E-state index in [9.17, 15) is 14.4 Å². The quantitative estimate of drug-likeness (QED) is 0.646. The zero-order chi connectivity index (χ0) is 17.7. The van der Waals surface area contributed by atoms with Crippen molar-refractivity contribution in [3.05, 3.63) is 0 Å². The molecule has 0 N–H and O–H groups in total. The van der Waals surface area contributed by atoms with Crippen molar-refractivity contribution in [2.24, 2.45) is 10.8 Å². The van der Waals surface area contributed by atoms with Crippen LogP contribution in [0.2, 0.25) is 0 Å². The van der Waals surface area contributed by atoms with Crippen molar-refractivity contribution in [3.63, 3.8) is 0 Å². The van der Waals surface area contributed by atoms with E-state index in [0.29, 0.717) is 26.2 Å². The highest BCUT2D eigenvalue weighted by atomic mass is 16.2. The Morgan fingerprint density at radius 1 is 1.00 bits per heavy atom. The van der Waals surface area contributed by atoms with E-state index in [4.69, 9.17) is 0 Å². The van der Waals surface area contributed by atoms with Gasteiger partial charge in [-0.25, -0.2) is 4.79 Å². The zero-order valence-electron chi connectivity index (χ0n) is 15.2. The lowest BCUT2D eigenvalue weighted by Crippen LogP contribution is -2.54. The third-order valence-electron chi connectivity index (χ3n) is 6.42. The number of rotatable bonds is 0. The lowest BCUT2D eigenvalue weighted by atomic mass is 9.60. The maximum atomic E-state index is 13.0. The normalized spacial score (nSPS) is 29.0. The van der Waals surface area contributed by atoms with Crippen molar-refractivity contribution in [2.45, 2.75) is 26.2 Å². The minimum Gasteiger partial charge on any atom is -0.345 e. The molecule has 2 spiro atoms. The van der Waals surface area contributed by atoms with Crippen LogP contribution in [0.25, 0.3) is 0 Å². The second-order valence-corrected chi connectivity index (χ2v) is 7.88. The minimum atomic E-state index is -0.458. The van der Waals surface area contributed by atoms with Gasteiger partial charge in [0.15, 0.2) is 0 Å². The highest BCUT2D eigenvalue weighted by Gasteiger charge is 2.65. The number of carbonyl (C=O) groups excluding carboxylic acids is 3. The first-order valence-corrected chi connectivity index (χ1v) is 8.70. The van der Waals surface area contributed by atoms with E-state index < -0.39 is 5.41 Å². The second-order valence-electron chi connectivity index (χ2n) is 7.88. The summed E-state index contributed by atoms with van der Waals surface area (Å²) in [6.07, 6.45) is 2.39. The van der Waals surface area contributed by atoms with Crippen LogP contribution in [0.1, 0.15) is 26.2 Å². The number of amides is 4. The van der Waals surface area contributed by atoms with Crippen LogP contribution in [0.15, 0.2) is 0 Å². The van der Waals surface area contributed by atoms with Crippen LogP contribution in [0.5, 0.6) is 0 Å². The fourth-order valence-corrected chi connectivity index (χ4v) is 4.91. The van der Waals surface area contributed by atoms with Crippen molar-refractivity contribution >= 4 is 17.8 Å². The number of hydrogen-bond donors (Lipinski definition) is 0. The molecule has 3 aliphatic heterocycles. The summed E-state index contributed by atoms with van der Waals surface area (Å²) in [7, 11) is 5.37. The maximum absolute atomic E-state index is 13.0. The second kappa shape index (κ2) is 5.63. The fourth-order valence-electron chi connectivity index (χ4n) is 4.91. The van der Waals surface area contributed by atoms with Crippen LogP contribution in [0.4, 0.5) is 4.79 Å². The largest absolute Gasteiger partial charge is 0.345 e. The number of nitrogens with zero attached hydrogens (tertiary/aromatic N) is 4. The summed E-state index contributed by atoms with van der Waals surface area (Å²) >= 11 is 0. The molecule has 0 aromatic heterocycles. The molecule has 4 amide bonds. The van der Waals surface area contributed by atoms with Gasteiger partial charge in [-0.3, -0.25) is 9.59 Å². The molecule has 3 saturated heterocycles. The molecule has 3 rings (SSSR count). The summed E-state index contributed by atoms with van der Waals surface area (Å²) in [5.41, 5.74) is -0.649.